The van der Waals surface area contributed by atoms with E-state index in [1.165, 1.54) is 17.4 Å². The molecule has 132 valence electrons. The molecule has 0 amide bonds. The van der Waals surface area contributed by atoms with Crippen LogP contribution >= 0.6 is 22.9 Å². The number of halogens is 1. The van der Waals surface area contributed by atoms with Gasteiger partial charge in [0.2, 0.25) is 0 Å². The topological polar surface area (TPSA) is 59.2 Å². The molecule has 0 fully saturated rings. The molecule has 3 rings (SSSR count). The Morgan fingerprint density at radius 2 is 1.92 bits per heavy atom. The lowest BCUT2D eigenvalue weighted by atomic mass is 10.1. The van der Waals surface area contributed by atoms with Gasteiger partial charge in [0.15, 0.2) is 5.78 Å². The van der Waals surface area contributed by atoms with E-state index in [-0.39, 0.29) is 11.3 Å². The number of ether oxygens (including phenoxy) is 1. The highest BCUT2D eigenvalue weighted by molar-refractivity contribution is 7.07. The number of rotatable bonds is 5. The summed E-state index contributed by atoms with van der Waals surface area (Å²) in [4.78, 5) is 27.3. The minimum absolute atomic E-state index is 0.250. The zero-order chi connectivity index (χ0) is 18.5. The van der Waals surface area contributed by atoms with E-state index in [4.69, 9.17) is 16.3 Å². The van der Waals surface area contributed by atoms with Crippen LogP contribution in [0.15, 0.2) is 53.3 Å². The second-order valence-electron chi connectivity index (χ2n) is 5.39. The zero-order valence-electron chi connectivity index (χ0n) is 14.0. The minimum Gasteiger partial charge on any atom is -0.493 e. The highest BCUT2D eigenvalue weighted by Crippen LogP contribution is 2.18. The van der Waals surface area contributed by atoms with E-state index in [2.05, 4.69) is 4.98 Å². The van der Waals surface area contributed by atoms with Gasteiger partial charge in [-0.2, -0.15) is 0 Å². The van der Waals surface area contributed by atoms with Crippen LogP contribution in [0.1, 0.15) is 22.8 Å². The van der Waals surface area contributed by atoms with Crippen molar-refractivity contribution in [3.63, 3.8) is 0 Å². The van der Waals surface area contributed by atoms with Gasteiger partial charge in [0, 0.05) is 17.2 Å². The van der Waals surface area contributed by atoms with Gasteiger partial charge in [-0.05, 0) is 31.2 Å². The van der Waals surface area contributed by atoms with Crippen molar-refractivity contribution in [1.82, 2.24) is 4.98 Å². The Morgan fingerprint density at radius 3 is 2.69 bits per heavy atom. The summed E-state index contributed by atoms with van der Waals surface area (Å²) in [6.45, 7) is 2.44. The number of para-hydroxylation sites is 1. The number of aromatic amines is 1. The Morgan fingerprint density at radius 1 is 1.19 bits per heavy atom. The summed E-state index contributed by atoms with van der Waals surface area (Å²) in [7, 11) is 0. The Labute approximate surface area is 159 Å². The number of carbonyl (C=O) groups is 1. The molecule has 0 aliphatic rings. The lowest BCUT2D eigenvalue weighted by molar-refractivity contribution is 0.106. The highest BCUT2D eigenvalue weighted by Gasteiger charge is 2.07. The van der Waals surface area contributed by atoms with Crippen molar-refractivity contribution in [3.05, 3.63) is 84.2 Å². The highest BCUT2D eigenvalue weighted by atomic mass is 35.5. The first-order valence-electron chi connectivity index (χ1n) is 8.01. The van der Waals surface area contributed by atoms with E-state index >= 15 is 0 Å². The molecule has 0 unspecified atom stereocenters. The first kappa shape index (κ1) is 18.2. The third kappa shape index (κ3) is 4.12. The number of thiazole rings is 1. The summed E-state index contributed by atoms with van der Waals surface area (Å²) >= 11 is 7.26. The Hall–Kier alpha value is -2.63. The first-order chi connectivity index (χ1) is 12.6. The lowest BCUT2D eigenvalue weighted by Gasteiger charge is -2.05. The molecular formula is C20H16ClNO3S. The Bertz CT molecular complexity index is 1110. The summed E-state index contributed by atoms with van der Waals surface area (Å²) in [6, 6.07) is 14.3. The number of hydrogen-bond donors (Lipinski definition) is 1. The van der Waals surface area contributed by atoms with Crippen LogP contribution in [-0.4, -0.2) is 17.4 Å². The van der Waals surface area contributed by atoms with Gasteiger partial charge in [-0.1, -0.05) is 41.9 Å². The number of nitrogens with one attached hydrogen (secondary N) is 1. The van der Waals surface area contributed by atoms with Crippen molar-refractivity contribution < 1.29 is 9.53 Å². The fraction of sp³-hybridized carbons (Fsp3) is 0.100. The van der Waals surface area contributed by atoms with E-state index < -0.39 is 0 Å². The summed E-state index contributed by atoms with van der Waals surface area (Å²) < 4.78 is 6.54. The molecule has 3 aromatic rings. The summed E-state index contributed by atoms with van der Waals surface area (Å²) in [5, 5.41) is 0.380. The number of hydrogen-bond acceptors (Lipinski definition) is 4. The lowest BCUT2D eigenvalue weighted by Crippen LogP contribution is -2.20. The van der Waals surface area contributed by atoms with E-state index in [1.54, 1.807) is 30.3 Å². The molecule has 0 saturated carbocycles. The molecule has 0 atom stereocenters. The smallest absolute Gasteiger partial charge is 0.266 e. The monoisotopic (exact) mass is 385 g/mol. The van der Waals surface area contributed by atoms with Crippen molar-refractivity contribution in [2.45, 2.75) is 6.92 Å². The Kier molecular flexibility index (Phi) is 5.71. The molecule has 1 heterocycles. The predicted octanol–water partition coefficient (Wildman–Crippen LogP) is 2.98. The molecule has 2 aromatic carbocycles. The summed E-state index contributed by atoms with van der Waals surface area (Å²) in [5.74, 6) is 0.454. The zero-order valence-corrected chi connectivity index (χ0v) is 15.6. The fourth-order valence-electron chi connectivity index (χ4n) is 2.41. The molecule has 0 bridgehead atoms. The molecular weight excluding hydrogens is 370 g/mol. The van der Waals surface area contributed by atoms with Crippen LogP contribution in [0.2, 0.25) is 5.02 Å². The van der Waals surface area contributed by atoms with Crippen LogP contribution in [0.5, 0.6) is 5.75 Å². The van der Waals surface area contributed by atoms with Crippen LogP contribution in [0.4, 0.5) is 0 Å². The normalized spacial score (nSPS) is 12.4. The molecule has 4 nitrogen and oxygen atoms in total. The molecule has 6 heteroatoms. The van der Waals surface area contributed by atoms with Crippen molar-refractivity contribution >= 4 is 40.9 Å². The minimum atomic E-state index is -0.255. The average Bonchev–Trinajstić information content (AvgIpc) is 2.96. The van der Waals surface area contributed by atoms with Crippen molar-refractivity contribution in [2.75, 3.05) is 6.61 Å². The van der Waals surface area contributed by atoms with Crippen LogP contribution in [0, 0.1) is 0 Å². The maximum Gasteiger partial charge on any atom is 0.266 e. The molecule has 0 aliphatic carbocycles. The Balaban J connectivity index is 2.02. The van der Waals surface area contributed by atoms with Gasteiger partial charge in [-0.25, -0.2) is 0 Å². The molecule has 0 aliphatic heterocycles. The summed E-state index contributed by atoms with van der Waals surface area (Å²) in [6.07, 6.45) is 3.14. The number of benzene rings is 2. The van der Waals surface area contributed by atoms with Crippen LogP contribution in [0.25, 0.3) is 12.2 Å². The second-order valence-corrected chi connectivity index (χ2v) is 6.88. The van der Waals surface area contributed by atoms with Gasteiger partial charge in [0.05, 0.1) is 20.8 Å². The number of aromatic nitrogens is 1. The summed E-state index contributed by atoms with van der Waals surface area (Å²) in [5.41, 5.74) is 0.959. The van der Waals surface area contributed by atoms with Crippen LogP contribution in [0.3, 0.4) is 0 Å². The SMILES string of the molecule is CCOc1ccccc1/C=c1\s/c(=C\C(=O)c2ccccc2Cl)[nH]c1=O. The van der Waals surface area contributed by atoms with Crippen LogP contribution < -0.4 is 19.5 Å². The number of carbonyl (C=O) groups excluding carboxylic acids is 1. The third-order valence-corrected chi connectivity index (χ3v) is 4.88. The largest absolute Gasteiger partial charge is 0.493 e. The average molecular weight is 386 g/mol. The molecule has 0 saturated heterocycles. The van der Waals surface area contributed by atoms with Gasteiger partial charge in [0.25, 0.3) is 5.56 Å². The molecule has 1 aromatic heterocycles. The van der Waals surface area contributed by atoms with Crippen molar-refractivity contribution in [2.24, 2.45) is 0 Å². The van der Waals surface area contributed by atoms with Crippen molar-refractivity contribution in [3.8, 4) is 5.75 Å². The standard InChI is InChI=1S/C20H16ClNO3S/c1-2-25-17-10-6-3-7-13(17)11-18-20(24)22-19(26-18)12-16(23)14-8-4-5-9-15(14)21/h3-12H,2H2,1H3,(H,22,24)/b18-11-,19-12-. The van der Waals surface area contributed by atoms with E-state index in [9.17, 15) is 9.59 Å². The molecule has 26 heavy (non-hydrogen) atoms. The molecule has 0 spiro atoms. The second kappa shape index (κ2) is 8.17. The van der Waals surface area contributed by atoms with Crippen molar-refractivity contribution in [1.29, 1.82) is 0 Å². The maximum atomic E-state index is 12.4. The van der Waals surface area contributed by atoms with E-state index in [0.29, 0.717) is 32.1 Å². The molecule has 1 N–H and O–H groups in total. The van der Waals surface area contributed by atoms with Gasteiger partial charge < -0.3 is 9.72 Å². The fourth-order valence-corrected chi connectivity index (χ4v) is 3.52. The van der Waals surface area contributed by atoms with Gasteiger partial charge in [-0.15, -0.1) is 11.3 Å². The maximum absolute atomic E-state index is 12.4. The van der Waals surface area contributed by atoms with Gasteiger partial charge in [-0.3, -0.25) is 9.59 Å². The predicted molar refractivity (Wildman–Crippen MR) is 106 cm³/mol. The van der Waals surface area contributed by atoms with Gasteiger partial charge in [0.1, 0.15) is 5.75 Å². The number of H-pyrrole nitrogens is 1. The van der Waals surface area contributed by atoms with E-state index in [1.807, 2.05) is 31.2 Å². The number of Topliss-reactive ketones (excluding diaryl/α,β-unsaturated/α-hetero) is 1. The third-order valence-electron chi connectivity index (χ3n) is 3.59. The van der Waals surface area contributed by atoms with E-state index in [0.717, 1.165) is 5.56 Å². The number of ketones is 1. The quantitative estimate of drug-likeness (QED) is 0.687. The molecule has 0 radical (unpaired) electrons. The van der Waals surface area contributed by atoms with Gasteiger partial charge >= 0.3 is 0 Å². The van der Waals surface area contributed by atoms with Crippen LogP contribution in [-0.2, 0) is 0 Å². The first-order valence-corrected chi connectivity index (χ1v) is 9.21.